The van der Waals surface area contributed by atoms with Crippen LogP contribution in [0.15, 0.2) is 24.3 Å². The van der Waals surface area contributed by atoms with Gasteiger partial charge in [-0.3, -0.25) is 0 Å². The minimum atomic E-state index is -0.198. The van der Waals surface area contributed by atoms with Gasteiger partial charge in [0.05, 0.1) is 6.61 Å². The molecule has 3 heteroatoms. The van der Waals surface area contributed by atoms with Crippen LogP contribution in [0.5, 0.6) is 0 Å². The summed E-state index contributed by atoms with van der Waals surface area (Å²) in [6.45, 7) is 0.480. The third kappa shape index (κ3) is 1.42. The number of methoxy groups -OCH3 is 1. The van der Waals surface area contributed by atoms with Crippen molar-refractivity contribution in [2.24, 2.45) is 0 Å². The summed E-state index contributed by atoms with van der Waals surface area (Å²) in [6.07, 6.45) is 0. The van der Waals surface area contributed by atoms with Crippen molar-refractivity contribution in [2.45, 2.75) is 6.61 Å². The highest BCUT2D eigenvalue weighted by atomic mass is 19.1. The van der Waals surface area contributed by atoms with Crippen LogP contribution >= 0.6 is 0 Å². The molecule has 0 saturated heterocycles. The van der Waals surface area contributed by atoms with Gasteiger partial charge in [-0.2, -0.15) is 0 Å². The van der Waals surface area contributed by atoms with Crippen molar-refractivity contribution in [1.29, 1.82) is 0 Å². The van der Waals surface area contributed by atoms with E-state index in [0.29, 0.717) is 12.0 Å². The molecule has 0 spiro atoms. The largest absolute Gasteiger partial charge is 0.378 e. The zero-order valence-corrected chi connectivity index (χ0v) is 7.30. The fourth-order valence-electron chi connectivity index (χ4n) is 1.41. The zero-order chi connectivity index (χ0) is 9.26. The smallest absolute Gasteiger partial charge is 0.132 e. The second-order valence-electron chi connectivity index (χ2n) is 2.93. The highest BCUT2D eigenvalue weighted by Crippen LogP contribution is 2.18. The number of hydrogen-bond acceptors (Lipinski definition) is 1. The van der Waals surface area contributed by atoms with E-state index in [4.69, 9.17) is 4.74 Å². The van der Waals surface area contributed by atoms with Gasteiger partial charge in [-0.25, -0.2) is 4.39 Å². The van der Waals surface area contributed by atoms with E-state index in [1.54, 1.807) is 19.2 Å². The minimum Gasteiger partial charge on any atom is -0.378 e. The van der Waals surface area contributed by atoms with Crippen molar-refractivity contribution in [3.8, 4) is 0 Å². The lowest BCUT2D eigenvalue weighted by Crippen LogP contribution is -1.85. The molecule has 2 rings (SSSR count). The van der Waals surface area contributed by atoms with Gasteiger partial charge in [-0.05, 0) is 18.2 Å². The molecule has 1 aromatic carbocycles. The normalized spacial score (nSPS) is 10.9. The average Bonchev–Trinajstić information content (AvgIpc) is 2.49. The van der Waals surface area contributed by atoms with Gasteiger partial charge in [0.2, 0.25) is 0 Å². The number of aromatic nitrogens is 1. The van der Waals surface area contributed by atoms with Gasteiger partial charge in [0, 0.05) is 23.7 Å². The maximum absolute atomic E-state index is 13.2. The fraction of sp³-hybridized carbons (Fsp3) is 0.200. The van der Waals surface area contributed by atoms with Crippen molar-refractivity contribution in [3.63, 3.8) is 0 Å². The first kappa shape index (κ1) is 8.26. The zero-order valence-electron chi connectivity index (χ0n) is 7.30. The quantitative estimate of drug-likeness (QED) is 0.752. The van der Waals surface area contributed by atoms with Crippen LogP contribution in [0, 0.1) is 5.82 Å². The van der Waals surface area contributed by atoms with E-state index < -0.39 is 0 Å². The summed E-state index contributed by atoms with van der Waals surface area (Å²) in [5, 5.41) is 0.620. The summed E-state index contributed by atoms with van der Waals surface area (Å²) in [7, 11) is 1.61. The van der Waals surface area contributed by atoms with Crippen LogP contribution in [0.25, 0.3) is 10.9 Å². The van der Waals surface area contributed by atoms with E-state index in [2.05, 4.69) is 4.98 Å². The molecule has 13 heavy (non-hydrogen) atoms. The third-order valence-electron chi connectivity index (χ3n) is 1.97. The number of benzene rings is 1. The molecule has 68 valence electrons. The van der Waals surface area contributed by atoms with Crippen molar-refractivity contribution >= 4 is 10.9 Å². The monoisotopic (exact) mass is 179 g/mol. The predicted octanol–water partition coefficient (Wildman–Crippen LogP) is 2.45. The minimum absolute atomic E-state index is 0.198. The Morgan fingerprint density at radius 1 is 1.46 bits per heavy atom. The van der Waals surface area contributed by atoms with Crippen molar-refractivity contribution in [2.75, 3.05) is 7.11 Å². The Morgan fingerprint density at radius 3 is 3.00 bits per heavy atom. The molecule has 1 heterocycles. The van der Waals surface area contributed by atoms with Crippen molar-refractivity contribution in [1.82, 2.24) is 4.98 Å². The van der Waals surface area contributed by atoms with Gasteiger partial charge >= 0.3 is 0 Å². The molecular formula is C10H10FNO. The van der Waals surface area contributed by atoms with E-state index in [1.165, 1.54) is 6.07 Å². The van der Waals surface area contributed by atoms with Crippen molar-refractivity contribution < 1.29 is 9.13 Å². The summed E-state index contributed by atoms with van der Waals surface area (Å²) in [5.74, 6) is -0.198. The predicted molar refractivity (Wildman–Crippen MR) is 49.0 cm³/mol. The topological polar surface area (TPSA) is 25.0 Å². The highest BCUT2D eigenvalue weighted by molar-refractivity contribution is 5.80. The molecule has 0 atom stereocenters. The van der Waals surface area contributed by atoms with Gasteiger partial charge in [0.1, 0.15) is 5.82 Å². The van der Waals surface area contributed by atoms with Crippen LogP contribution in [0.4, 0.5) is 4.39 Å². The molecule has 0 radical (unpaired) electrons. The summed E-state index contributed by atoms with van der Waals surface area (Å²) >= 11 is 0. The highest BCUT2D eigenvalue weighted by Gasteiger charge is 2.03. The van der Waals surface area contributed by atoms with Crippen LogP contribution in [0.1, 0.15) is 5.69 Å². The summed E-state index contributed by atoms with van der Waals surface area (Å²) in [6, 6.07) is 6.75. The molecule has 0 aliphatic rings. The Balaban J connectivity index is 2.55. The summed E-state index contributed by atoms with van der Waals surface area (Å²) in [4.78, 5) is 3.07. The number of rotatable bonds is 2. The first-order valence-electron chi connectivity index (χ1n) is 4.06. The first-order valence-corrected chi connectivity index (χ1v) is 4.06. The van der Waals surface area contributed by atoms with Gasteiger partial charge in [0.25, 0.3) is 0 Å². The van der Waals surface area contributed by atoms with Crippen LogP contribution in [0.2, 0.25) is 0 Å². The van der Waals surface area contributed by atoms with E-state index in [9.17, 15) is 4.39 Å². The van der Waals surface area contributed by atoms with Gasteiger partial charge < -0.3 is 9.72 Å². The molecule has 0 amide bonds. The molecular weight excluding hydrogens is 169 g/mol. The lowest BCUT2D eigenvalue weighted by Gasteiger charge is -1.91. The lowest BCUT2D eigenvalue weighted by atomic mass is 10.2. The molecule has 0 aliphatic carbocycles. The molecule has 1 N–H and O–H groups in total. The SMILES string of the molecule is COCc1cc2c(F)cccc2[nH]1. The second kappa shape index (κ2) is 3.18. The number of fused-ring (bicyclic) bond motifs is 1. The Hall–Kier alpha value is -1.35. The van der Waals surface area contributed by atoms with Crippen LogP contribution in [0.3, 0.4) is 0 Å². The van der Waals surface area contributed by atoms with Crippen LogP contribution < -0.4 is 0 Å². The third-order valence-corrected chi connectivity index (χ3v) is 1.97. The van der Waals surface area contributed by atoms with E-state index in [1.807, 2.05) is 6.07 Å². The summed E-state index contributed by atoms with van der Waals surface area (Å²) in [5.41, 5.74) is 1.70. The number of hydrogen-bond donors (Lipinski definition) is 1. The van der Waals surface area contributed by atoms with Crippen LogP contribution in [-0.2, 0) is 11.3 Å². The Labute approximate surface area is 75.3 Å². The number of nitrogens with one attached hydrogen (secondary N) is 1. The maximum Gasteiger partial charge on any atom is 0.132 e. The summed E-state index contributed by atoms with van der Waals surface area (Å²) < 4.78 is 18.1. The van der Waals surface area contributed by atoms with Gasteiger partial charge in [-0.15, -0.1) is 0 Å². The van der Waals surface area contributed by atoms with E-state index >= 15 is 0 Å². The average molecular weight is 179 g/mol. The van der Waals surface area contributed by atoms with E-state index in [-0.39, 0.29) is 5.82 Å². The van der Waals surface area contributed by atoms with Gasteiger partial charge in [-0.1, -0.05) is 6.07 Å². The molecule has 0 bridgehead atoms. The molecule has 0 aliphatic heterocycles. The Morgan fingerprint density at radius 2 is 2.31 bits per heavy atom. The van der Waals surface area contributed by atoms with Gasteiger partial charge in [0.15, 0.2) is 0 Å². The number of aromatic amines is 1. The second-order valence-corrected chi connectivity index (χ2v) is 2.93. The molecule has 2 aromatic rings. The lowest BCUT2D eigenvalue weighted by molar-refractivity contribution is 0.182. The Kier molecular flexibility index (Phi) is 2.02. The van der Waals surface area contributed by atoms with Crippen molar-refractivity contribution in [3.05, 3.63) is 35.8 Å². The fourth-order valence-corrected chi connectivity index (χ4v) is 1.41. The maximum atomic E-state index is 13.2. The number of halogens is 1. The number of ether oxygens (including phenoxy) is 1. The van der Waals surface area contributed by atoms with Crippen LogP contribution in [-0.4, -0.2) is 12.1 Å². The molecule has 2 nitrogen and oxygen atoms in total. The Bertz CT molecular complexity index is 422. The molecule has 0 unspecified atom stereocenters. The standard InChI is InChI=1S/C10H10FNO/c1-13-6-7-5-8-9(11)3-2-4-10(8)12-7/h2-5,12H,6H2,1H3. The molecule has 1 aromatic heterocycles. The number of H-pyrrole nitrogens is 1. The molecule has 0 saturated carbocycles. The van der Waals surface area contributed by atoms with E-state index in [0.717, 1.165) is 11.2 Å². The molecule has 0 fully saturated rings. The first-order chi connectivity index (χ1) is 6.31.